The fourth-order valence-corrected chi connectivity index (χ4v) is 3.39. The second-order valence-electron chi connectivity index (χ2n) is 8.55. The Labute approximate surface area is 181 Å². The van der Waals surface area contributed by atoms with Crippen LogP contribution in [-0.4, -0.2) is 17.1 Å². The monoisotopic (exact) mass is 411 g/mol. The van der Waals surface area contributed by atoms with Crippen LogP contribution in [0.3, 0.4) is 0 Å². The lowest BCUT2D eigenvalue weighted by Gasteiger charge is -2.19. The van der Waals surface area contributed by atoms with Crippen LogP contribution < -0.4 is 5.43 Å². The van der Waals surface area contributed by atoms with Crippen molar-refractivity contribution in [2.75, 3.05) is 0 Å². The molecule has 0 saturated heterocycles. The largest absolute Gasteiger partial charge is 0.460 e. The molecule has 2 aromatic heterocycles. The molecule has 5 nitrogen and oxygen atoms in total. The van der Waals surface area contributed by atoms with Crippen LogP contribution in [0.25, 0.3) is 22.2 Å². The first-order valence-corrected chi connectivity index (χ1v) is 10.2. The van der Waals surface area contributed by atoms with Crippen LogP contribution in [0.15, 0.2) is 76.2 Å². The molecule has 0 spiro atoms. The van der Waals surface area contributed by atoms with Gasteiger partial charge in [-0.15, -0.1) is 0 Å². The predicted octanol–water partition coefficient (Wildman–Crippen LogP) is 5.86. The van der Waals surface area contributed by atoms with E-state index in [1.807, 2.05) is 43.3 Å². The van der Waals surface area contributed by atoms with Crippen LogP contribution >= 0.6 is 0 Å². The quantitative estimate of drug-likeness (QED) is 0.338. The summed E-state index contributed by atoms with van der Waals surface area (Å²) >= 11 is 0. The van der Waals surface area contributed by atoms with E-state index in [-0.39, 0.29) is 11.3 Å². The second kappa shape index (κ2) is 8.19. The SMILES string of the molecule is Cc1ccc(/C=N/NC(=O)c2cc(-c3ccc(C(C)(C)C)cc3)nc3ccccc23)o1. The molecule has 0 fully saturated rings. The van der Waals surface area contributed by atoms with Crippen molar-refractivity contribution in [1.29, 1.82) is 0 Å². The van der Waals surface area contributed by atoms with Gasteiger partial charge < -0.3 is 4.42 Å². The number of furan rings is 1. The van der Waals surface area contributed by atoms with Gasteiger partial charge in [-0.2, -0.15) is 5.10 Å². The molecule has 0 aliphatic carbocycles. The Morgan fingerprint density at radius 1 is 1.03 bits per heavy atom. The summed E-state index contributed by atoms with van der Waals surface area (Å²) in [5.41, 5.74) is 6.91. The minimum Gasteiger partial charge on any atom is -0.460 e. The summed E-state index contributed by atoms with van der Waals surface area (Å²) in [7, 11) is 0. The molecule has 2 aromatic carbocycles. The molecule has 0 saturated carbocycles. The molecule has 4 aromatic rings. The van der Waals surface area contributed by atoms with Crippen LogP contribution in [0.2, 0.25) is 0 Å². The minimum absolute atomic E-state index is 0.0743. The summed E-state index contributed by atoms with van der Waals surface area (Å²) in [6.07, 6.45) is 1.49. The van der Waals surface area contributed by atoms with Crippen LogP contribution in [0.1, 0.15) is 48.2 Å². The van der Waals surface area contributed by atoms with Gasteiger partial charge in [0.1, 0.15) is 11.5 Å². The van der Waals surface area contributed by atoms with E-state index in [9.17, 15) is 4.79 Å². The molecule has 5 heteroatoms. The zero-order valence-corrected chi connectivity index (χ0v) is 18.1. The number of nitrogens with one attached hydrogen (secondary N) is 1. The lowest BCUT2D eigenvalue weighted by Crippen LogP contribution is -2.18. The van der Waals surface area contributed by atoms with Crippen molar-refractivity contribution < 1.29 is 9.21 Å². The van der Waals surface area contributed by atoms with E-state index < -0.39 is 0 Å². The van der Waals surface area contributed by atoms with Gasteiger partial charge in [0.05, 0.1) is 23.0 Å². The summed E-state index contributed by atoms with van der Waals surface area (Å²) < 4.78 is 5.44. The van der Waals surface area contributed by atoms with Crippen molar-refractivity contribution >= 4 is 23.0 Å². The Balaban J connectivity index is 1.68. The van der Waals surface area contributed by atoms with E-state index in [0.29, 0.717) is 11.3 Å². The number of pyridine rings is 1. The minimum atomic E-state index is -0.300. The number of aryl methyl sites for hydroxylation is 1. The maximum Gasteiger partial charge on any atom is 0.272 e. The molecule has 0 atom stereocenters. The Morgan fingerprint density at radius 2 is 1.77 bits per heavy atom. The molecular formula is C26H25N3O2. The van der Waals surface area contributed by atoms with E-state index in [4.69, 9.17) is 9.40 Å². The van der Waals surface area contributed by atoms with Gasteiger partial charge in [-0.1, -0.05) is 63.2 Å². The number of hydrazone groups is 1. The number of fused-ring (bicyclic) bond motifs is 1. The average Bonchev–Trinajstić information content (AvgIpc) is 3.17. The van der Waals surface area contributed by atoms with Crippen molar-refractivity contribution in [3.8, 4) is 11.3 Å². The predicted molar refractivity (Wildman–Crippen MR) is 124 cm³/mol. The molecule has 0 aliphatic rings. The van der Waals surface area contributed by atoms with Crippen LogP contribution in [0.4, 0.5) is 0 Å². The molecule has 31 heavy (non-hydrogen) atoms. The number of rotatable bonds is 4. The molecule has 0 bridgehead atoms. The van der Waals surface area contributed by atoms with Crippen LogP contribution in [-0.2, 0) is 5.41 Å². The van der Waals surface area contributed by atoms with E-state index in [2.05, 4.69) is 55.6 Å². The normalized spacial score (nSPS) is 11.9. The number of carbonyl (C=O) groups is 1. The van der Waals surface area contributed by atoms with Gasteiger partial charge in [0.25, 0.3) is 5.91 Å². The molecule has 0 radical (unpaired) electrons. The number of nitrogens with zero attached hydrogens (tertiary/aromatic N) is 2. The Bertz CT molecular complexity index is 1260. The first-order chi connectivity index (χ1) is 14.8. The topological polar surface area (TPSA) is 67.5 Å². The van der Waals surface area contributed by atoms with Crippen molar-refractivity contribution in [3.05, 3.63) is 89.4 Å². The summed E-state index contributed by atoms with van der Waals surface area (Å²) in [4.78, 5) is 17.7. The highest BCUT2D eigenvalue weighted by molar-refractivity contribution is 6.07. The van der Waals surface area contributed by atoms with Gasteiger partial charge in [-0.3, -0.25) is 4.79 Å². The highest BCUT2D eigenvalue weighted by Crippen LogP contribution is 2.28. The number of aromatic nitrogens is 1. The summed E-state index contributed by atoms with van der Waals surface area (Å²) in [6, 6.07) is 21.4. The second-order valence-corrected chi connectivity index (χ2v) is 8.55. The molecule has 1 N–H and O–H groups in total. The van der Waals surface area contributed by atoms with Crippen molar-refractivity contribution in [1.82, 2.24) is 10.4 Å². The number of benzene rings is 2. The molecular weight excluding hydrogens is 386 g/mol. The van der Waals surface area contributed by atoms with Crippen LogP contribution in [0.5, 0.6) is 0 Å². The molecule has 0 aliphatic heterocycles. The van der Waals surface area contributed by atoms with Gasteiger partial charge in [0, 0.05) is 10.9 Å². The molecule has 156 valence electrons. The van der Waals surface area contributed by atoms with E-state index in [1.54, 1.807) is 6.07 Å². The third-order valence-electron chi connectivity index (χ3n) is 5.13. The van der Waals surface area contributed by atoms with E-state index in [1.165, 1.54) is 11.8 Å². The molecule has 2 heterocycles. The molecule has 4 rings (SSSR count). The number of para-hydroxylation sites is 1. The third-order valence-corrected chi connectivity index (χ3v) is 5.13. The number of hydrogen-bond donors (Lipinski definition) is 1. The number of carbonyl (C=O) groups excluding carboxylic acids is 1. The fraction of sp³-hybridized carbons (Fsp3) is 0.192. The van der Waals surface area contributed by atoms with Crippen molar-refractivity contribution in [2.45, 2.75) is 33.1 Å². The van der Waals surface area contributed by atoms with Gasteiger partial charge in [-0.25, -0.2) is 10.4 Å². The number of amides is 1. The Morgan fingerprint density at radius 3 is 2.45 bits per heavy atom. The first-order valence-electron chi connectivity index (χ1n) is 10.2. The lowest BCUT2D eigenvalue weighted by molar-refractivity contribution is 0.0956. The summed E-state index contributed by atoms with van der Waals surface area (Å²) in [5, 5.41) is 4.82. The average molecular weight is 412 g/mol. The maximum absolute atomic E-state index is 12.9. The van der Waals surface area contributed by atoms with Gasteiger partial charge in [0.15, 0.2) is 0 Å². The smallest absolute Gasteiger partial charge is 0.272 e. The van der Waals surface area contributed by atoms with Gasteiger partial charge >= 0.3 is 0 Å². The van der Waals surface area contributed by atoms with E-state index in [0.717, 1.165) is 27.9 Å². The zero-order valence-electron chi connectivity index (χ0n) is 18.1. The number of hydrogen-bond acceptors (Lipinski definition) is 4. The summed E-state index contributed by atoms with van der Waals surface area (Å²) in [5.74, 6) is 1.07. The van der Waals surface area contributed by atoms with Gasteiger partial charge in [0.2, 0.25) is 0 Å². The first kappa shape index (κ1) is 20.5. The highest BCUT2D eigenvalue weighted by Gasteiger charge is 2.16. The lowest BCUT2D eigenvalue weighted by atomic mass is 9.86. The zero-order chi connectivity index (χ0) is 22.0. The fourth-order valence-electron chi connectivity index (χ4n) is 3.39. The third kappa shape index (κ3) is 4.56. The van der Waals surface area contributed by atoms with Crippen molar-refractivity contribution in [2.24, 2.45) is 5.10 Å². The Hall–Kier alpha value is -3.73. The molecule has 0 unspecified atom stereocenters. The van der Waals surface area contributed by atoms with Crippen LogP contribution in [0, 0.1) is 6.92 Å². The van der Waals surface area contributed by atoms with Gasteiger partial charge in [-0.05, 0) is 42.2 Å². The highest BCUT2D eigenvalue weighted by atomic mass is 16.3. The molecule has 1 amide bonds. The maximum atomic E-state index is 12.9. The van der Waals surface area contributed by atoms with Crippen molar-refractivity contribution in [3.63, 3.8) is 0 Å². The standard InChI is InChI=1S/C26H25N3O2/c1-17-9-14-20(31-17)16-27-29-25(30)22-15-24(28-23-8-6-5-7-21(22)23)18-10-12-19(13-11-18)26(2,3)4/h5-16H,1-4H3,(H,29,30)/b27-16+. The summed E-state index contributed by atoms with van der Waals surface area (Å²) in [6.45, 7) is 8.41. The van der Waals surface area contributed by atoms with E-state index >= 15 is 0 Å². The Kier molecular flexibility index (Phi) is 5.42.